The highest BCUT2D eigenvalue weighted by atomic mass is 16.2. The minimum absolute atomic E-state index is 0.198. The first-order valence-electron chi connectivity index (χ1n) is 9.09. The monoisotopic (exact) mass is 323 g/mol. The van der Waals surface area contributed by atoms with Crippen LogP contribution in [0.25, 0.3) is 0 Å². The van der Waals surface area contributed by atoms with E-state index in [9.17, 15) is 4.79 Å². The van der Waals surface area contributed by atoms with Crippen LogP contribution in [0.1, 0.15) is 54.0 Å². The van der Waals surface area contributed by atoms with Gasteiger partial charge < -0.3 is 4.90 Å². The third kappa shape index (κ3) is 2.97. The predicted octanol–water partition coefficient (Wildman–Crippen LogP) is 3.21. The first kappa shape index (κ1) is 15.4. The van der Waals surface area contributed by atoms with E-state index in [1.165, 1.54) is 36.8 Å². The summed E-state index contributed by atoms with van der Waals surface area (Å²) in [6.07, 6.45) is 11.5. The van der Waals surface area contributed by atoms with Crippen molar-refractivity contribution in [1.82, 2.24) is 14.7 Å². The van der Waals surface area contributed by atoms with Gasteiger partial charge in [-0.3, -0.25) is 9.48 Å². The minimum Gasteiger partial charge on any atom is -0.335 e. The lowest BCUT2D eigenvalue weighted by Crippen LogP contribution is -2.31. The van der Waals surface area contributed by atoms with Gasteiger partial charge in [0.2, 0.25) is 5.91 Å². The fraction of sp³-hybridized carbons (Fsp3) is 0.500. The van der Waals surface area contributed by atoms with Crippen LogP contribution >= 0.6 is 0 Å². The zero-order valence-electron chi connectivity index (χ0n) is 14.4. The molecule has 0 N–H and O–H groups in total. The molecule has 1 saturated heterocycles. The van der Waals surface area contributed by atoms with Crippen molar-refractivity contribution in [2.45, 2.75) is 51.0 Å². The molecule has 24 heavy (non-hydrogen) atoms. The Morgan fingerprint density at radius 3 is 2.83 bits per heavy atom. The van der Waals surface area contributed by atoms with Gasteiger partial charge in [-0.05, 0) is 55.2 Å². The molecular weight excluding hydrogens is 298 g/mol. The fourth-order valence-electron chi connectivity index (χ4n) is 4.20. The molecule has 1 amide bonds. The Bertz CT molecular complexity index is 749. The van der Waals surface area contributed by atoms with Crippen molar-refractivity contribution >= 4 is 5.91 Å². The summed E-state index contributed by atoms with van der Waals surface area (Å²) < 4.78 is 1.82. The molecule has 1 atom stereocenters. The average molecular weight is 323 g/mol. The summed E-state index contributed by atoms with van der Waals surface area (Å²) in [4.78, 5) is 14.9. The number of hydrogen-bond donors (Lipinski definition) is 0. The molecule has 1 aliphatic heterocycles. The topological polar surface area (TPSA) is 38.1 Å². The third-order valence-electron chi connectivity index (χ3n) is 5.45. The van der Waals surface area contributed by atoms with Crippen molar-refractivity contribution in [3.05, 3.63) is 52.8 Å². The van der Waals surface area contributed by atoms with E-state index in [-0.39, 0.29) is 11.9 Å². The van der Waals surface area contributed by atoms with E-state index >= 15 is 0 Å². The summed E-state index contributed by atoms with van der Waals surface area (Å²) in [7, 11) is 1.93. The maximum Gasteiger partial charge on any atom is 0.227 e. The van der Waals surface area contributed by atoms with Crippen molar-refractivity contribution in [3.8, 4) is 0 Å². The molecule has 1 aromatic heterocycles. The molecule has 2 heterocycles. The molecule has 0 radical (unpaired) electrons. The molecule has 0 bridgehead atoms. The maximum absolute atomic E-state index is 12.9. The number of aromatic nitrogens is 2. The second-order valence-corrected chi connectivity index (χ2v) is 7.18. The molecule has 0 unspecified atom stereocenters. The molecule has 0 spiro atoms. The summed E-state index contributed by atoms with van der Waals surface area (Å²) in [6, 6.07) is 6.85. The van der Waals surface area contributed by atoms with Gasteiger partial charge in [0.1, 0.15) is 0 Å². The molecule has 1 aliphatic carbocycles. The summed E-state index contributed by atoms with van der Waals surface area (Å²) in [5.41, 5.74) is 5.26. The average Bonchev–Trinajstić information content (AvgIpc) is 3.23. The molecule has 2 aliphatic rings. The van der Waals surface area contributed by atoms with E-state index in [1.54, 1.807) is 0 Å². The van der Waals surface area contributed by atoms with Crippen LogP contribution < -0.4 is 0 Å². The Morgan fingerprint density at radius 1 is 1.21 bits per heavy atom. The van der Waals surface area contributed by atoms with Crippen LogP contribution in [0.3, 0.4) is 0 Å². The highest BCUT2D eigenvalue weighted by Gasteiger charge is 2.30. The van der Waals surface area contributed by atoms with Gasteiger partial charge >= 0.3 is 0 Å². The zero-order chi connectivity index (χ0) is 16.5. The SMILES string of the molecule is Cn1cc([C@H]2CCCN2C(=O)Cc2ccc3c(c2)CCCC3)cn1. The Kier molecular flexibility index (Phi) is 4.13. The number of benzene rings is 1. The van der Waals surface area contributed by atoms with Crippen LogP contribution in [-0.2, 0) is 31.1 Å². The highest BCUT2D eigenvalue weighted by molar-refractivity contribution is 5.79. The van der Waals surface area contributed by atoms with Crippen molar-refractivity contribution in [2.24, 2.45) is 7.05 Å². The number of fused-ring (bicyclic) bond motifs is 1. The number of amides is 1. The number of hydrogen-bond acceptors (Lipinski definition) is 2. The zero-order valence-corrected chi connectivity index (χ0v) is 14.4. The second-order valence-electron chi connectivity index (χ2n) is 7.18. The standard InChI is InChI=1S/C20H25N3O/c1-22-14-18(13-21-22)19-7-4-10-23(19)20(24)12-15-8-9-16-5-2-3-6-17(16)11-15/h8-9,11,13-14,19H,2-7,10,12H2,1H3/t19-/m1/s1. The van der Waals surface area contributed by atoms with Crippen molar-refractivity contribution in [2.75, 3.05) is 6.54 Å². The number of aryl methyl sites for hydroxylation is 3. The molecule has 1 fully saturated rings. The van der Waals surface area contributed by atoms with Gasteiger partial charge in [0.05, 0.1) is 18.7 Å². The number of nitrogens with zero attached hydrogens (tertiary/aromatic N) is 3. The summed E-state index contributed by atoms with van der Waals surface area (Å²) in [6.45, 7) is 0.864. The minimum atomic E-state index is 0.198. The lowest BCUT2D eigenvalue weighted by Gasteiger charge is -2.24. The first-order chi connectivity index (χ1) is 11.7. The van der Waals surface area contributed by atoms with Crippen molar-refractivity contribution in [3.63, 3.8) is 0 Å². The number of rotatable bonds is 3. The third-order valence-corrected chi connectivity index (χ3v) is 5.45. The van der Waals surface area contributed by atoms with Gasteiger partial charge in [0.25, 0.3) is 0 Å². The van der Waals surface area contributed by atoms with E-state index in [0.717, 1.165) is 30.5 Å². The number of carbonyl (C=O) groups is 1. The highest BCUT2D eigenvalue weighted by Crippen LogP contribution is 2.32. The Morgan fingerprint density at radius 2 is 2.04 bits per heavy atom. The molecule has 126 valence electrons. The molecule has 4 heteroatoms. The van der Waals surface area contributed by atoms with E-state index in [0.29, 0.717) is 6.42 Å². The smallest absolute Gasteiger partial charge is 0.227 e. The number of likely N-dealkylation sites (tertiary alicyclic amines) is 1. The van der Waals surface area contributed by atoms with Gasteiger partial charge in [-0.25, -0.2) is 0 Å². The van der Waals surface area contributed by atoms with E-state index in [4.69, 9.17) is 0 Å². The van der Waals surface area contributed by atoms with Crippen LogP contribution in [0, 0.1) is 0 Å². The van der Waals surface area contributed by atoms with Crippen LogP contribution in [0.5, 0.6) is 0 Å². The van der Waals surface area contributed by atoms with E-state index in [1.807, 2.05) is 24.1 Å². The maximum atomic E-state index is 12.9. The Hall–Kier alpha value is -2.10. The molecule has 1 aromatic carbocycles. The van der Waals surface area contributed by atoms with Crippen LogP contribution in [0.15, 0.2) is 30.6 Å². The fourth-order valence-corrected chi connectivity index (χ4v) is 4.20. The predicted molar refractivity (Wildman–Crippen MR) is 93.7 cm³/mol. The molecule has 0 saturated carbocycles. The normalized spacial score (nSPS) is 20.2. The quantitative estimate of drug-likeness (QED) is 0.870. The van der Waals surface area contributed by atoms with Gasteiger partial charge in [0, 0.05) is 25.4 Å². The Labute approximate surface area is 143 Å². The largest absolute Gasteiger partial charge is 0.335 e. The van der Waals surface area contributed by atoms with Crippen molar-refractivity contribution < 1.29 is 4.79 Å². The first-order valence-corrected chi connectivity index (χ1v) is 9.09. The Balaban J connectivity index is 1.49. The van der Waals surface area contributed by atoms with Gasteiger partial charge in [-0.15, -0.1) is 0 Å². The summed E-state index contributed by atoms with van der Waals surface area (Å²) >= 11 is 0. The number of carbonyl (C=O) groups excluding carboxylic acids is 1. The molecular formula is C20H25N3O. The molecule has 4 nitrogen and oxygen atoms in total. The van der Waals surface area contributed by atoms with Gasteiger partial charge in [-0.1, -0.05) is 18.2 Å². The lowest BCUT2D eigenvalue weighted by atomic mass is 9.90. The van der Waals surface area contributed by atoms with E-state index in [2.05, 4.69) is 28.2 Å². The summed E-state index contributed by atoms with van der Waals surface area (Å²) in [5.74, 6) is 0.247. The second kappa shape index (κ2) is 6.42. The van der Waals surface area contributed by atoms with Crippen LogP contribution in [-0.4, -0.2) is 27.1 Å². The molecule has 4 rings (SSSR count). The van der Waals surface area contributed by atoms with Crippen molar-refractivity contribution in [1.29, 1.82) is 0 Å². The summed E-state index contributed by atoms with van der Waals surface area (Å²) in [5, 5.41) is 4.27. The van der Waals surface area contributed by atoms with Gasteiger partial charge in [-0.2, -0.15) is 5.10 Å². The van der Waals surface area contributed by atoms with Crippen LogP contribution in [0.4, 0.5) is 0 Å². The van der Waals surface area contributed by atoms with Crippen LogP contribution in [0.2, 0.25) is 0 Å². The van der Waals surface area contributed by atoms with E-state index < -0.39 is 0 Å². The molecule has 2 aromatic rings. The lowest BCUT2D eigenvalue weighted by molar-refractivity contribution is -0.131. The van der Waals surface area contributed by atoms with Gasteiger partial charge in [0.15, 0.2) is 0 Å².